The van der Waals surface area contributed by atoms with Gasteiger partial charge in [0.05, 0.1) is 12.7 Å². The second kappa shape index (κ2) is 8.72. The van der Waals surface area contributed by atoms with E-state index in [4.69, 9.17) is 9.26 Å². The molecule has 0 unspecified atom stereocenters. The number of benzene rings is 1. The van der Waals surface area contributed by atoms with Gasteiger partial charge in [-0.3, -0.25) is 4.79 Å². The van der Waals surface area contributed by atoms with Crippen LogP contribution in [0.25, 0.3) is 11.4 Å². The molecule has 9 heteroatoms. The minimum atomic E-state index is -0.122. The summed E-state index contributed by atoms with van der Waals surface area (Å²) in [6.07, 6.45) is 0.330. The summed E-state index contributed by atoms with van der Waals surface area (Å²) >= 11 is 1.49. The quantitative estimate of drug-likeness (QED) is 0.592. The van der Waals surface area contributed by atoms with E-state index < -0.39 is 0 Å². The summed E-state index contributed by atoms with van der Waals surface area (Å²) < 4.78 is 12.4. The standard InChI is InChI=1S/C18H21N5O3S/c1-4-23-17(13-7-5-6-8-14(13)25-3)20-21-18(23)27-10-9-16(24)19-15-11-12(2)26-22-15/h5-8,11H,4,9-10H2,1-3H3,(H,19,22,24). The molecule has 0 fully saturated rings. The average molecular weight is 387 g/mol. The highest BCUT2D eigenvalue weighted by atomic mass is 32.2. The summed E-state index contributed by atoms with van der Waals surface area (Å²) in [5.41, 5.74) is 0.889. The van der Waals surface area contributed by atoms with Gasteiger partial charge in [0, 0.05) is 24.8 Å². The van der Waals surface area contributed by atoms with Crippen LogP contribution in [0.3, 0.4) is 0 Å². The molecule has 3 aromatic rings. The molecule has 0 radical (unpaired) electrons. The van der Waals surface area contributed by atoms with Crippen LogP contribution in [0.2, 0.25) is 0 Å². The Morgan fingerprint density at radius 3 is 2.85 bits per heavy atom. The van der Waals surface area contributed by atoms with Gasteiger partial charge in [0.2, 0.25) is 5.91 Å². The number of nitrogens with one attached hydrogen (secondary N) is 1. The van der Waals surface area contributed by atoms with Gasteiger partial charge in [-0.1, -0.05) is 29.1 Å². The summed E-state index contributed by atoms with van der Waals surface area (Å²) in [6, 6.07) is 9.39. The summed E-state index contributed by atoms with van der Waals surface area (Å²) in [6.45, 7) is 4.52. The van der Waals surface area contributed by atoms with Crippen molar-refractivity contribution in [3.8, 4) is 17.1 Å². The maximum absolute atomic E-state index is 12.0. The van der Waals surface area contributed by atoms with Crippen molar-refractivity contribution in [3.63, 3.8) is 0 Å². The largest absolute Gasteiger partial charge is 0.496 e. The van der Waals surface area contributed by atoms with E-state index in [0.29, 0.717) is 30.3 Å². The lowest BCUT2D eigenvalue weighted by molar-refractivity contribution is -0.115. The zero-order valence-electron chi connectivity index (χ0n) is 15.4. The Bertz CT molecular complexity index is 921. The van der Waals surface area contributed by atoms with Crippen LogP contribution in [0.15, 0.2) is 40.0 Å². The lowest BCUT2D eigenvalue weighted by atomic mass is 10.2. The van der Waals surface area contributed by atoms with E-state index in [1.807, 2.05) is 35.8 Å². The molecule has 27 heavy (non-hydrogen) atoms. The predicted octanol–water partition coefficient (Wildman–Crippen LogP) is 3.39. The van der Waals surface area contributed by atoms with Crippen LogP contribution in [0, 0.1) is 6.92 Å². The number of anilines is 1. The SMILES string of the molecule is CCn1c(SCCC(=O)Nc2cc(C)on2)nnc1-c1ccccc1OC. The van der Waals surface area contributed by atoms with Crippen molar-refractivity contribution in [2.75, 3.05) is 18.2 Å². The number of amides is 1. The number of aromatic nitrogens is 4. The number of para-hydroxylation sites is 1. The van der Waals surface area contributed by atoms with Gasteiger partial charge in [-0.05, 0) is 26.0 Å². The van der Waals surface area contributed by atoms with Gasteiger partial charge in [-0.25, -0.2) is 0 Å². The highest BCUT2D eigenvalue weighted by Crippen LogP contribution is 2.30. The topological polar surface area (TPSA) is 95.1 Å². The molecule has 0 spiro atoms. The second-order valence-corrected chi connectivity index (χ2v) is 6.78. The average Bonchev–Trinajstić information content (AvgIpc) is 3.27. The van der Waals surface area contributed by atoms with Gasteiger partial charge < -0.3 is 19.1 Å². The van der Waals surface area contributed by atoms with Crippen molar-refractivity contribution in [3.05, 3.63) is 36.1 Å². The van der Waals surface area contributed by atoms with Gasteiger partial charge in [0.25, 0.3) is 0 Å². The molecule has 142 valence electrons. The summed E-state index contributed by atoms with van der Waals surface area (Å²) in [5.74, 6) is 3.03. The third kappa shape index (κ3) is 4.48. The van der Waals surface area contributed by atoms with Crippen molar-refractivity contribution >= 4 is 23.5 Å². The van der Waals surface area contributed by atoms with Crippen molar-refractivity contribution in [2.45, 2.75) is 32.0 Å². The highest BCUT2D eigenvalue weighted by molar-refractivity contribution is 7.99. The molecule has 0 saturated heterocycles. The lowest BCUT2D eigenvalue weighted by Crippen LogP contribution is -2.12. The molecule has 3 rings (SSSR count). The lowest BCUT2D eigenvalue weighted by Gasteiger charge is -2.10. The number of carbonyl (C=O) groups is 1. The number of hydrogen-bond acceptors (Lipinski definition) is 7. The molecule has 0 atom stereocenters. The molecule has 0 aliphatic heterocycles. The van der Waals surface area contributed by atoms with Crippen LogP contribution in [-0.2, 0) is 11.3 Å². The normalized spacial score (nSPS) is 10.8. The first-order chi connectivity index (χ1) is 13.1. The number of methoxy groups -OCH3 is 1. The van der Waals surface area contributed by atoms with E-state index >= 15 is 0 Å². The summed E-state index contributed by atoms with van der Waals surface area (Å²) in [4.78, 5) is 12.0. The van der Waals surface area contributed by atoms with Gasteiger partial charge in [-0.15, -0.1) is 10.2 Å². The minimum absolute atomic E-state index is 0.122. The molecule has 1 amide bonds. The number of hydrogen-bond donors (Lipinski definition) is 1. The fourth-order valence-electron chi connectivity index (χ4n) is 2.57. The van der Waals surface area contributed by atoms with Crippen LogP contribution in [0.4, 0.5) is 5.82 Å². The molecule has 0 saturated carbocycles. The molecule has 1 aromatic carbocycles. The Hall–Kier alpha value is -2.81. The number of rotatable bonds is 8. The van der Waals surface area contributed by atoms with E-state index in [1.54, 1.807) is 20.1 Å². The number of thioether (sulfide) groups is 1. The molecule has 8 nitrogen and oxygen atoms in total. The first-order valence-electron chi connectivity index (χ1n) is 8.55. The molecule has 0 aliphatic carbocycles. The van der Waals surface area contributed by atoms with Crippen molar-refractivity contribution in [1.29, 1.82) is 0 Å². The smallest absolute Gasteiger partial charge is 0.226 e. The molecule has 2 aromatic heterocycles. The van der Waals surface area contributed by atoms with E-state index in [0.717, 1.165) is 22.3 Å². The molecule has 2 heterocycles. The number of carbonyl (C=O) groups excluding carboxylic acids is 1. The first-order valence-corrected chi connectivity index (χ1v) is 9.53. The zero-order valence-corrected chi connectivity index (χ0v) is 16.2. The van der Waals surface area contributed by atoms with E-state index in [2.05, 4.69) is 20.7 Å². The third-order valence-electron chi connectivity index (χ3n) is 3.84. The molecular formula is C18H21N5O3S. The maximum Gasteiger partial charge on any atom is 0.226 e. The van der Waals surface area contributed by atoms with Gasteiger partial charge >= 0.3 is 0 Å². The van der Waals surface area contributed by atoms with Crippen molar-refractivity contribution < 1.29 is 14.1 Å². The van der Waals surface area contributed by atoms with Gasteiger partial charge in [0.1, 0.15) is 11.5 Å². The fourth-order valence-corrected chi connectivity index (χ4v) is 3.51. The molecular weight excluding hydrogens is 366 g/mol. The van der Waals surface area contributed by atoms with Crippen LogP contribution in [0.1, 0.15) is 19.1 Å². The Kier molecular flexibility index (Phi) is 6.12. The van der Waals surface area contributed by atoms with Crippen LogP contribution in [-0.4, -0.2) is 38.7 Å². The molecule has 0 aliphatic rings. The second-order valence-electron chi connectivity index (χ2n) is 5.72. The Balaban J connectivity index is 1.64. The predicted molar refractivity (Wildman–Crippen MR) is 103 cm³/mol. The van der Waals surface area contributed by atoms with Crippen LogP contribution < -0.4 is 10.1 Å². The highest BCUT2D eigenvalue weighted by Gasteiger charge is 2.16. The molecule has 0 bridgehead atoms. The first kappa shape index (κ1) is 19.0. The Morgan fingerprint density at radius 2 is 2.15 bits per heavy atom. The van der Waals surface area contributed by atoms with Crippen LogP contribution >= 0.6 is 11.8 Å². The Labute approximate surface area is 161 Å². The summed E-state index contributed by atoms with van der Waals surface area (Å²) in [7, 11) is 1.64. The van der Waals surface area contributed by atoms with E-state index in [9.17, 15) is 4.79 Å². The molecule has 1 N–H and O–H groups in total. The van der Waals surface area contributed by atoms with Gasteiger partial charge in [-0.2, -0.15) is 0 Å². The maximum atomic E-state index is 12.0. The summed E-state index contributed by atoms with van der Waals surface area (Å²) in [5, 5.41) is 15.8. The number of aryl methyl sites for hydroxylation is 1. The zero-order chi connectivity index (χ0) is 19.2. The fraction of sp³-hybridized carbons (Fsp3) is 0.333. The Morgan fingerprint density at radius 1 is 1.33 bits per heavy atom. The van der Waals surface area contributed by atoms with Crippen molar-refractivity contribution in [2.24, 2.45) is 0 Å². The van der Waals surface area contributed by atoms with Crippen LogP contribution in [0.5, 0.6) is 5.75 Å². The van der Waals surface area contributed by atoms with E-state index in [1.165, 1.54) is 11.8 Å². The number of nitrogens with zero attached hydrogens (tertiary/aromatic N) is 4. The van der Waals surface area contributed by atoms with E-state index in [-0.39, 0.29) is 5.91 Å². The monoisotopic (exact) mass is 387 g/mol. The minimum Gasteiger partial charge on any atom is -0.496 e. The third-order valence-corrected chi connectivity index (χ3v) is 4.81. The van der Waals surface area contributed by atoms with Gasteiger partial charge in [0.15, 0.2) is 16.8 Å². The number of ether oxygens (including phenoxy) is 1. The van der Waals surface area contributed by atoms with Crippen molar-refractivity contribution in [1.82, 2.24) is 19.9 Å².